The molecule has 1 aliphatic heterocycles. The number of anilines is 1. The number of ether oxygens (including phenoxy) is 1. The predicted octanol–water partition coefficient (Wildman–Crippen LogP) is 4.72. The number of alkyl halides is 3. The van der Waals surface area contributed by atoms with E-state index < -0.39 is 36.0 Å². The molecule has 0 saturated heterocycles. The summed E-state index contributed by atoms with van der Waals surface area (Å²) in [5, 5.41) is 10.9. The van der Waals surface area contributed by atoms with Crippen molar-refractivity contribution in [3.05, 3.63) is 59.7 Å². The fourth-order valence-corrected chi connectivity index (χ4v) is 3.97. The van der Waals surface area contributed by atoms with Crippen molar-refractivity contribution in [2.45, 2.75) is 37.5 Å². The first-order valence-corrected chi connectivity index (χ1v) is 9.45. The van der Waals surface area contributed by atoms with Gasteiger partial charge in [-0.25, -0.2) is 4.39 Å². The minimum Gasteiger partial charge on any atom is -0.496 e. The number of aliphatic hydroxyl groups is 1. The van der Waals surface area contributed by atoms with Crippen molar-refractivity contribution in [2.24, 2.45) is 0 Å². The van der Waals surface area contributed by atoms with Gasteiger partial charge < -0.3 is 14.7 Å². The normalized spacial score (nSPS) is 16.2. The van der Waals surface area contributed by atoms with Crippen LogP contribution in [0.2, 0.25) is 0 Å². The number of methoxy groups -OCH3 is 1. The molecular weight excluding hydrogens is 400 g/mol. The van der Waals surface area contributed by atoms with Gasteiger partial charge in [-0.05, 0) is 36.1 Å². The second kappa shape index (κ2) is 7.91. The first-order chi connectivity index (χ1) is 14.0. The van der Waals surface area contributed by atoms with Crippen LogP contribution in [0.1, 0.15) is 31.4 Å². The zero-order valence-electron chi connectivity index (χ0n) is 17.0. The van der Waals surface area contributed by atoms with Crippen LogP contribution in [0.5, 0.6) is 5.75 Å². The SMILES string of the molecule is COc1ccc(F)cc1C(C)(C)CC(O)(CN1CC=Cc2cnccc21)C(F)(F)F. The topological polar surface area (TPSA) is 45.6 Å². The Morgan fingerprint density at radius 2 is 1.93 bits per heavy atom. The van der Waals surface area contributed by atoms with Gasteiger partial charge in [0, 0.05) is 35.8 Å². The fourth-order valence-electron chi connectivity index (χ4n) is 3.97. The van der Waals surface area contributed by atoms with Crippen molar-refractivity contribution in [3.8, 4) is 5.75 Å². The van der Waals surface area contributed by atoms with E-state index in [2.05, 4.69) is 4.98 Å². The summed E-state index contributed by atoms with van der Waals surface area (Å²) in [6.07, 6.45) is 0.989. The smallest absolute Gasteiger partial charge is 0.418 e. The van der Waals surface area contributed by atoms with Crippen molar-refractivity contribution in [1.29, 1.82) is 0 Å². The molecule has 0 spiro atoms. The van der Waals surface area contributed by atoms with Crippen molar-refractivity contribution in [1.82, 2.24) is 4.98 Å². The van der Waals surface area contributed by atoms with Crippen LogP contribution >= 0.6 is 0 Å². The zero-order valence-corrected chi connectivity index (χ0v) is 17.0. The first-order valence-electron chi connectivity index (χ1n) is 9.45. The highest BCUT2D eigenvalue weighted by atomic mass is 19.4. The third-order valence-corrected chi connectivity index (χ3v) is 5.40. The molecule has 2 aromatic rings. The molecule has 3 rings (SSSR count). The summed E-state index contributed by atoms with van der Waals surface area (Å²) >= 11 is 0. The van der Waals surface area contributed by atoms with Gasteiger partial charge in [0.05, 0.1) is 13.7 Å². The molecule has 0 aliphatic carbocycles. The number of β-amino-alcohol motifs (C(OH)–C–C–N with tert-alkyl or cyclic N) is 1. The standard InChI is InChI=1S/C22H24F4N2O2/c1-20(2,17-11-16(23)6-7-19(17)30-3)13-21(29,22(24,25)26)14-28-10-4-5-15-12-27-9-8-18(15)28/h4-9,11-12,29H,10,13-14H2,1-3H3. The molecule has 8 heteroatoms. The average molecular weight is 424 g/mol. The minimum absolute atomic E-state index is 0.221. The third-order valence-electron chi connectivity index (χ3n) is 5.40. The molecule has 4 nitrogen and oxygen atoms in total. The Balaban J connectivity index is 1.97. The Bertz CT molecular complexity index is 943. The number of hydrogen-bond acceptors (Lipinski definition) is 4. The summed E-state index contributed by atoms with van der Waals surface area (Å²) in [7, 11) is 1.37. The number of benzene rings is 1. The van der Waals surface area contributed by atoms with E-state index in [9.17, 15) is 22.7 Å². The van der Waals surface area contributed by atoms with Crippen LogP contribution in [0.25, 0.3) is 6.08 Å². The highest BCUT2D eigenvalue weighted by Crippen LogP contribution is 2.44. The van der Waals surface area contributed by atoms with Crippen molar-refractivity contribution >= 4 is 11.8 Å². The number of hydrogen-bond donors (Lipinski definition) is 1. The Kier molecular flexibility index (Phi) is 5.82. The molecule has 1 aliphatic rings. The van der Waals surface area contributed by atoms with E-state index in [-0.39, 0.29) is 17.9 Å². The van der Waals surface area contributed by atoms with Crippen molar-refractivity contribution in [3.63, 3.8) is 0 Å². The molecular formula is C22H24F4N2O2. The molecule has 1 aromatic heterocycles. The summed E-state index contributed by atoms with van der Waals surface area (Å²) in [4.78, 5) is 5.47. The van der Waals surface area contributed by atoms with Gasteiger partial charge in [0.1, 0.15) is 11.6 Å². The van der Waals surface area contributed by atoms with Crippen LogP contribution in [0.4, 0.5) is 23.2 Å². The van der Waals surface area contributed by atoms with Crippen molar-refractivity contribution < 1.29 is 27.4 Å². The van der Waals surface area contributed by atoms with Gasteiger partial charge in [0.2, 0.25) is 0 Å². The van der Waals surface area contributed by atoms with Gasteiger partial charge in [-0.1, -0.05) is 26.0 Å². The van der Waals surface area contributed by atoms with E-state index >= 15 is 0 Å². The number of fused-ring (bicyclic) bond motifs is 1. The molecule has 1 unspecified atom stereocenters. The lowest BCUT2D eigenvalue weighted by atomic mass is 9.74. The van der Waals surface area contributed by atoms with Gasteiger partial charge in [-0.2, -0.15) is 13.2 Å². The summed E-state index contributed by atoms with van der Waals surface area (Å²) in [5.74, 6) is -0.319. The lowest BCUT2D eigenvalue weighted by Crippen LogP contribution is -2.56. The Labute approximate surface area is 172 Å². The van der Waals surface area contributed by atoms with Gasteiger partial charge in [0.25, 0.3) is 0 Å². The quantitative estimate of drug-likeness (QED) is 0.682. The molecule has 0 amide bonds. The summed E-state index contributed by atoms with van der Waals surface area (Å²) in [5.41, 5.74) is -2.77. The summed E-state index contributed by atoms with van der Waals surface area (Å²) in [6, 6.07) is 5.33. The number of pyridine rings is 1. The molecule has 0 fully saturated rings. The van der Waals surface area contributed by atoms with Gasteiger partial charge in [0.15, 0.2) is 5.60 Å². The van der Waals surface area contributed by atoms with E-state index in [1.54, 1.807) is 24.4 Å². The second-order valence-corrected chi connectivity index (χ2v) is 8.15. The maximum atomic E-state index is 14.1. The summed E-state index contributed by atoms with van der Waals surface area (Å²) < 4.78 is 61.5. The monoisotopic (exact) mass is 424 g/mol. The lowest BCUT2D eigenvalue weighted by Gasteiger charge is -2.42. The Morgan fingerprint density at radius 1 is 1.20 bits per heavy atom. The molecule has 0 saturated carbocycles. The zero-order chi connectivity index (χ0) is 22.2. The maximum absolute atomic E-state index is 14.1. The van der Waals surface area contributed by atoms with Crippen LogP contribution < -0.4 is 9.64 Å². The van der Waals surface area contributed by atoms with Gasteiger partial charge in [-0.3, -0.25) is 4.98 Å². The molecule has 1 atom stereocenters. The van der Waals surface area contributed by atoms with E-state index in [4.69, 9.17) is 4.74 Å². The lowest BCUT2D eigenvalue weighted by molar-refractivity contribution is -0.262. The third kappa shape index (κ3) is 4.28. The summed E-state index contributed by atoms with van der Waals surface area (Å²) in [6.45, 7) is 2.63. The number of nitrogens with zero attached hydrogens (tertiary/aromatic N) is 2. The molecule has 1 N–H and O–H groups in total. The van der Waals surface area contributed by atoms with Crippen LogP contribution in [-0.4, -0.2) is 42.1 Å². The number of aromatic nitrogens is 1. The second-order valence-electron chi connectivity index (χ2n) is 8.15. The molecule has 2 heterocycles. The average Bonchev–Trinajstić information content (AvgIpc) is 2.67. The maximum Gasteiger partial charge on any atom is 0.418 e. The largest absolute Gasteiger partial charge is 0.496 e. The predicted molar refractivity (Wildman–Crippen MR) is 107 cm³/mol. The van der Waals surface area contributed by atoms with Crippen LogP contribution in [0.15, 0.2) is 42.7 Å². The molecule has 0 radical (unpaired) electrons. The number of rotatable bonds is 6. The Morgan fingerprint density at radius 3 is 2.60 bits per heavy atom. The molecule has 0 bridgehead atoms. The Hall–Kier alpha value is -2.61. The van der Waals surface area contributed by atoms with E-state index in [1.807, 2.05) is 0 Å². The van der Waals surface area contributed by atoms with Gasteiger partial charge in [-0.15, -0.1) is 0 Å². The fraction of sp³-hybridized carbons (Fsp3) is 0.409. The molecule has 162 valence electrons. The van der Waals surface area contributed by atoms with Crippen LogP contribution in [-0.2, 0) is 5.41 Å². The minimum atomic E-state index is -4.90. The van der Waals surface area contributed by atoms with Gasteiger partial charge >= 0.3 is 6.18 Å². The molecule has 30 heavy (non-hydrogen) atoms. The van der Waals surface area contributed by atoms with Crippen LogP contribution in [0.3, 0.4) is 0 Å². The highest BCUT2D eigenvalue weighted by Gasteiger charge is 2.57. The highest BCUT2D eigenvalue weighted by molar-refractivity contribution is 5.70. The first kappa shape index (κ1) is 22.1. The van der Waals surface area contributed by atoms with Crippen LogP contribution in [0, 0.1) is 5.82 Å². The van der Waals surface area contributed by atoms with E-state index in [0.717, 1.165) is 6.07 Å². The molecule has 1 aromatic carbocycles. The van der Waals surface area contributed by atoms with Crippen molar-refractivity contribution in [2.75, 3.05) is 25.1 Å². The number of halogens is 4. The van der Waals surface area contributed by atoms with E-state index in [0.29, 0.717) is 11.3 Å². The van der Waals surface area contributed by atoms with E-state index in [1.165, 1.54) is 44.2 Å².